The highest BCUT2D eigenvalue weighted by Crippen LogP contribution is 2.13. The van der Waals surface area contributed by atoms with Gasteiger partial charge in [-0.2, -0.15) is 5.26 Å². The number of allylic oxidation sites excluding steroid dienone is 1. The van der Waals surface area contributed by atoms with Gasteiger partial charge in [0.2, 0.25) is 0 Å². The Hall–Kier alpha value is -2.38. The van der Waals surface area contributed by atoms with E-state index in [1.54, 1.807) is 0 Å². The Morgan fingerprint density at radius 3 is 2.24 bits per heavy atom. The van der Waals surface area contributed by atoms with E-state index in [9.17, 15) is 0 Å². The van der Waals surface area contributed by atoms with E-state index in [0.717, 1.165) is 57.7 Å². The van der Waals surface area contributed by atoms with Crippen LogP contribution in [0.1, 0.15) is 52.2 Å². The van der Waals surface area contributed by atoms with Gasteiger partial charge < -0.3 is 4.90 Å². The molecule has 3 rings (SSSR count). The maximum absolute atomic E-state index is 8.45. The van der Waals surface area contributed by atoms with Crippen LogP contribution in [0.25, 0.3) is 0 Å². The van der Waals surface area contributed by atoms with E-state index in [0.29, 0.717) is 0 Å². The molecular formula is C25H38N4. The fraction of sp³-hybridized carbons (Fsp3) is 0.520. The van der Waals surface area contributed by atoms with Gasteiger partial charge >= 0.3 is 0 Å². The van der Waals surface area contributed by atoms with Gasteiger partial charge in [-0.25, -0.2) is 0 Å². The first-order chi connectivity index (χ1) is 14.0. The largest absolute Gasteiger partial charge is 0.373 e. The van der Waals surface area contributed by atoms with Crippen molar-refractivity contribution in [2.45, 2.75) is 47.5 Å². The second-order valence-corrected chi connectivity index (χ2v) is 7.15. The van der Waals surface area contributed by atoms with Crippen LogP contribution in [0.3, 0.4) is 0 Å². The van der Waals surface area contributed by atoms with E-state index in [1.165, 1.54) is 22.5 Å². The number of dihydropyridines is 1. The lowest BCUT2D eigenvalue weighted by molar-refractivity contribution is 0.171. The highest BCUT2D eigenvalue weighted by Gasteiger charge is 2.18. The number of benzene rings is 1. The van der Waals surface area contributed by atoms with Crippen molar-refractivity contribution in [1.82, 2.24) is 9.80 Å². The van der Waals surface area contributed by atoms with Crippen molar-refractivity contribution in [3.05, 3.63) is 59.3 Å². The Morgan fingerprint density at radius 2 is 1.76 bits per heavy atom. The van der Waals surface area contributed by atoms with Crippen LogP contribution in [0.15, 0.2) is 53.2 Å². The van der Waals surface area contributed by atoms with Crippen molar-refractivity contribution in [2.24, 2.45) is 4.99 Å². The molecule has 4 nitrogen and oxygen atoms in total. The van der Waals surface area contributed by atoms with E-state index in [1.807, 2.05) is 38.1 Å². The maximum atomic E-state index is 8.45. The molecule has 0 N–H and O–H groups in total. The normalized spacial score (nSPS) is 16.2. The minimum Gasteiger partial charge on any atom is -0.373 e. The quantitative estimate of drug-likeness (QED) is 0.715. The predicted molar refractivity (Wildman–Crippen MR) is 125 cm³/mol. The summed E-state index contributed by atoms with van der Waals surface area (Å²) in [4.78, 5) is 9.41. The molecule has 29 heavy (non-hydrogen) atoms. The van der Waals surface area contributed by atoms with Gasteiger partial charge in [0.1, 0.15) is 0 Å². The van der Waals surface area contributed by atoms with Crippen LogP contribution in [0.5, 0.6) is 0 Å². The summed E-state index contributed by atoms with van der Waals surface area (Å²) < 4.78 is 0. The number of aryl methyl sites for hydroxylation is 1. The lowest BCUT2D eigenvalue weighted by atomic mass is 10.1. The van der Waals surface area contributed by atoms with Gasteiger partial charge in [0.25, 0.3) is 0 Å². The highest BCUT2D eigenvalue weighted by atomic mass is 15.3. The van der Waals surface area contributed by atoms with Gasteiger partial charge in [-0.3, -0.25) is 9.89 Å². The second-order valence-electron chi connectivity index (χ2n) is 7.15. The van der Waals surface area contributed by atoms with Crippen molar-refractivity contribution in [1.29, 1.82) is 5.26 Å². The predicted octanol–water partition coefficient (Wildman–Crippen LogP) is 5.08. The molecule has 0 amide bonds. The van der Waals surface area contributed by atoms with Gasteiger partial charge in [-0.05, 0) is 50.0 Å². The zero-order valence-corrected chi connectivity index (χ0v) is 19.0. The Kier molecular flexibility index (Phi) is 11.7. The number of nitriles is 1. The van der Waals surface area contributed by atoms with E-state index in [2.05, 4.69) is 54.3 Å². The lowest BCUT2D eigenvalue weighted by Crippen LogP contribution is -2.46. The third-order valence-electron chi connectivity index (χ3n) is 5.13. The molecular weight excluding hydrogens is 356 g/mol. The standard InChI is InChI=1S/C14H23N3.C9H9N.C2H6/c1-12(2)17-9-7-16(8-10-17)11-14-5-4-6-15-13(14)3;1-2-8-3-5-9(7-10)6-4-8;1-2/h5H,1,4,6-11H2,2-3H3;3-6H,2H2,1H3;1-2H3. The summed E-state index contributed by atoms with van der Waals surface area (Å²) in [5, 5.41) is 8.45. The SMILES string of the molecule is C=C(C)N1CCN(CC2=CCCN=C2C)CC1.CC.CCc1ccc(C#N)cc1. The Balaban J connectivity index is 0.000000299. The fourth-order valence-corrected chi connectivity index (χ4v) is 3.24. The molecule has 2 aliphatic rings. The number of hydrogen-bond donors (Lipinski definition) is 0. The van der Waals surface area contributed by atoms with Crippen LogP contribution in [0.2, 0.25) is 0 Å². The topological polar surface area (TPSA) is 42.6 Å². The van der Waals surface area contributed by atoms with Gasteiger partial charge in [-0.15, -0.1) is 0 Å². The molecule has 1 aromatic rings. The number of rotatable bonds is 4. The van der Waals surface area contributed by atoms with Crippen molar-refractivity contribution in [3.8, 4) is 6.07 Å². The summed E-state index contributed by atoms with van der Waals surface area (Å²) in [5.74, 6) is 0. The molecule has 0 saturated carbocycles. The van der Waals surface area contributed by atoms with Crippen LogP contribution in [-0.2, 0) is 6.42 Å². The lowest BCUT2D eigenvalue weighted by Gasteiger charge is -2.36. The number of aliphatic imine (C=N–C) groups is 1. The monoisotopic (exact) mass is 394 g/mol. The summed E-state index contributed by atoms with van der Waals surface area (Å²) in [6, 6.07) is 9.74. The van der Waals surface area contributed by atoms with Crippen molar-refractivity contribution in [3.63, 3.8) is 0 Å². The zero-order chi connectivity index (χ0) is 21.6. The molecule has 1 fully saturated rings. The molecule has 2 aliphatic heterocycles. The summed E-state index contributed by atoms with van der Waals surface area (Å²) >= 11 is 0. The molecule has 0 bridgehead atoms. The molecule has 0 radical (unpaired) electrons. The smallest absolute Gasteiger partial charge is 0.0991 e. The average Bonchev–Trinajstić information content (AvgIpc) is 2.77. The number of nitrogens with zero attached hydrogens (tertiary/aromatic N) is 4. The zero-order valence-electron chi connectivity index (χ0n) is 19.0. The summed E-state index contributed by atoms with van der Waals surface area (Å²) in [6.07, 6.45) is 4.50. The second kappa shape index (κ2) is 13.7. The molecule has 0 atom stereocenters. The number of piperazine rings is 1. The first-order valence-corrected chi connectivity index (χ1v) is 10.9. The van der Waals surface area contributed by atoms with Gasteiger partial charge in [0.15, 0.2) is 0 Å². The van der Waals surface area contributed by atoms with Gasteiger partial charge in [0, 0.05) is 50.7 Å². The Bertz CT molecular complexity index is 714. The van der Waals surface area contributed by atoms with Crippen molar-refractivity contribution in [2.75, 3.05) is 39.3 Å². The van der Waals surface area contributed by atoms with E-state index in [4.69, 9.17) is 5.26 Å². The molecule has 4 heteroatoms. The third kappa shape index (κ3) is 8.66. The van der Waals surface area contributed by atoms with E-state index < -0.39 is 0 Å². The summed E-state index contributed by atoms with van der Waals surface area (Å²) in [5.41, 5.74) is 5.87. The first kappa shape index (κ1) is 24.7. The maximum Gasteiger partial charge on any atom is 0.0991 e. The molecule has 0 unspecified atom stereocenters. The molecule has 0 aromatic heterocycles. The van der Waals surface area contributed by atoms with Crippen LogP contribution in [-0.4, -0.2) is 54.8 Å². The molecule has 1 saturated heterocycles. The van der Waals surface area contributed by atoms with E-state index >= 15 is 0 Å². The van der Waals surface area contributed by atoms with Crippen molar-refractivity contribution < 1.29 is 0 Å². The van der Waals surface area contributed by atoms with Gasteiger partial charge in [0.05, 0.1) is 11.6 Å². The Morgan fingerprint density at radius 1 is 1.14 bits per heavy atom. The molecule has 158 valence electrons. The van der Waals surface area contributed by atoms with Crippen LogP contribution in [0, 0.1) is 11.3 Å². The summed E-state index contributed by atoms with van der Waals surface area (Å²) in [6.45, 7) is 20.9. The third-order valence-corrected chi connectivity index (χ3v) is 5.13. The highest BCUT2D eigenvalue weighted by molar-refractivity contribution is 5.99. The molecule has 0 aliphatic carbocycles. The van der Waals surface area contributed by atoms with Crippen LogP contribution < -0.4 is 0 Å². The molecule has 1 aromatic carbocycles. The fourth-order valence-electron chi connectivity index (χ4n) is 3.24. The van der Waals surface area contributed by atoms with Crippen LogP contribution in [0.4, 0.5) is 0 Å². The first-order valence-electron chi connectivity index (χ1n) is 10.9. The molecule has 0 spiro atoms. The van der Waals surface area contributed by atoms with Crippen LogP contribution >= 0.6 is 0 Å². The minimum absolute atomic E-state index is 0.734. The van der Waals surface area contributed by atoms with E-state index in [-0.39, 0.29) is 0 Å². The minimum atomic E-state index is 0.734. The molecule has 2 heterocycles. The van der Waals surface area contributed by atoms with Crippen molar-refractivity contribution >= 4 is 5.71 Å². The van der Waals surface area contributed by atoms with Gasteiger partial charge in [-0.1, -0.05) is 45.6 Å². The Labute approximate surface area is 178 Å². The number of hydrogen-bond acceptors (Lipinski definition) is 4. The average molecular weight is 395 g/mol. The summed E-state index contributed by atoms with van der Waals surface area (Å²) in [7, 11) is 0.